The lowest BCUT2D eigenvalue weighted by Crippen LogP contribution is -2.33. The second kappa shape index (κ2) is 6.35. The molecule has 94 valence electrons. The van der Waals surface area contributed by atoms with Crippen molar-refractivity contribution in [3.63, 3.8) is 0 Å². The van der Waals surface area contributed by atoms with Crippen molar-refractivity contribution in [3.05, 3.63) is 29.6 Å². The summed E-state index contributed by atoms with van der Waals surface area (Å²) < 4.78 is 18.4. The van der Waals surface area contributed by atoms with E-state index in [9.17, 15) is 9.18 Å². The summed E-state index contributed by atoms with van der Waals surface area (Å²) in [6.45, 7) is 5.25. The summed E-state index contributed by atoms with van der Waals surface area (Å²) in [6.07, 6.45) is 0.654. The van der Waals surface area contributed by atoms with Crippen LogP contribution in [0.15, 0.2) is 18.2 Å². The zero-order valence-electron chi connectivity index (χ0n) is 10.4. The number of halogens is 1. The molecule has 0 aliphatic carbocycles. The number of ether oxygens (including phenoxy) is 1. The number of rotatable bonds is 6. The second-order valence-corrected chi connectivity index (χ2v) is 4.14. The second-order valence-electron chi connectivity index (χ2n) is 4.14. The largest absolute Gasteiger partial charge is 0.383 e. The van der Waals surface area contributed by atoms with Gasteiger partial charge in [-0.25, -0.2) is 4.39 Å². The molecule has 0 amide bonds. The Labute approximate surface area is 101 Å². The van der Waals surface area contributed by atoms with E-state index >= 15 is 0 Å². The van der Waals surface area contributed by atoms with Crippen LogP contribution in [0.3, 0.4) is 0 Å². The lowest BCUT2D eigenvalue weighted by atomic mass is 10.1. The molecule has 0 atom stereocenters. The summed E-state index contributed by atoms with van der Waals surface area (Å²) >= 11 is 0. The first-order valence-electron chi connectivity index (χ1n) is 5.60. The van der Waals surface area contributed by atoms with Crippen LogP contribution in [-0.4, -0.2) is 32.6 Å². The Balaban J connectivity index is 3.00. The van der Waals surface area contributed by atoms with Crippen LogP contribution in [0.5, 0.6) is 0 Å². The highest BCUT2D eigenvalue weighted by Gasteiger charge is 2.12. The van der Waals surface area contributed by atoms with Gasteiger partial charge < -0.3 is 9.64 Å². The van der Waals surface area contributed by atoms with Gasteiger partial charge in [-0.3, -0.25) is 4.79 Å². The van der Waals surface area contributed by atoms with Gasteiger partial charge in [-0.05, 0) is 32.0 Å². The minimum atomic E-state index is -0.396. The Hall–Kier alpha value is -1.42. The summed E-state index contributed by atoms with van der Waals surface area (Å²) in [4.78, 5) is 12.7. The maximum atomic E-state index is 13.3. The third-order valence-corrected chi connectivity index (χ3v) is 2.53. The molecule has 3 nitrogen and oxygen atoms in total. The van der Waals surface area contributed by atoms with Crippen LogP contribution in [0.2, 0.25) is 0 Å². The predicted molar refractivity (Wildman–Crippen MR) is 66.1 cm³/mol. The fraction of sp³-hybridized carbons (Fsp3) is 0.462. The highest BCUT2D eigenvalue weighted by molar-refractivity contribution is 5.77. The number of anilines is 1. The molecule has 0 aliphatic rings. The van der Waals surface area contributed by atoms with E-state index in [0.717, 1.165) is 0 Å². The van der Waals surface area contributed by atoms with Gasteiger partial charge in [0.2, 0.25) is 0 Å². The molecule has 0 heterocycles. The smallest absolute Gasteiger partial charge is 0.150 e. The third kappa shape index (κ3) is 3.82. The minimum absolute atomic E-state index is 0.214. The molecule has 0 bridgehead atoms. The molecule has 0 N–H and O–H groups in total. The average molecular weight is 239 g/mol. The summed E-state index contributed by atoms with van der Waals surface area (Å²) in [5.74, 6) is -0.396. The van der Waals surface area contributed by atoms with Crippen LogP contribution < -0.4 is 4.90 Å². The molecule has 1 aromatic carbocycles. The first-order valence-corrected chi connectivity index (χ1v) is 5.60. The molecular formula is C13H18FNO2. The van der Waals surface area contributed by atoms with E-state index in [-0.39, 0.29) is 6.04 Å². The fourth-order valence-corrected chi connectivity index (χ4v) is 1.71. The molecule has 0 saturated heterocycles. The minimum Gasteiger partial charge on any atom is -0.383 e. The van der Waals surface area contributed by atoms with Crippen molar-refractivity contribution in [1.29, 1.82) is 0 Å². The Kier molecular flexibility index (Phi) is 5.10. The number of hydrogen-bond donors (Lipinski definition) is 0. The van der Waals surface area contributed by atoms with Gasteiger partial charge in [0.25, 0.3) is 0 Å². The van der Waals surface area contributed by atoms with Crippen molar-refractivity contribution in [2.75, 3.05) is 25.2 Å². The molecule has 4 heteroatoms. The van der Waals surface area contributed by atoms with Crippen LogP contribution >= 0.6 is 0 Å². The van der Waals surface area contributed by atoms with Crippen molar-refractivity contribution >= 4 is 12.0 Å². The lowest BCUT2D eigenvalue weighted by Gasteiger charge is -2.29. The van der Waals surface area contributed by atoms with Gasteiger partial charge in [0, 0.05) is 30.9 Å². The van der Waals surface area contributed by atoms with Crippen LogP contribution in [0.4, 0.5) is 10.1 Å². The highest BCUT2D eigenvalue weighted by Crippen LogP contribution is 2.20. The molecular weight excluding hydrogens is 221 g/mol. The van der Waals surface area contributed by atoms with E-state index in [1.165, 1.54) is 12.1 Å². The molecule has 1 aromatic rings. The Morgan fingerprint density at radius 1 is 1.41 bits per heavy atom. The highest BCUT2D eigenvalue weighted by atomic mass is 19.1. The first-order chi connectivity index (χ1) is 8.08. The van der Waals surface area contributed by atoms with Gasteiger partial charge in [-0.15, -0.1) is 0 Å². The zero-order valence-corrected chi connectivity index (χ0v) is 10.4. The summed E-state index contributed by atoms with van der Waals surface area (Å²) in [6, 6.07) is 4.56. The van der Waals surface area contributed by atoms with Gasteiger partial charge in [0.05, 0.1) is 6.61 Å². The standard InChI is InChI=1S/C13H18FNO2/c1-10(2)15(4-5-17-3)13-7-11(9-16)6-12(14)8-13/h6-10H,4-5H2,1-3H3. The van der Waals surface area contributed by atoms with Crippen molar-refractivity contribution < 1.29 is 13.9 Å². The Morgan fingerprint density at radius 2 is 2.12 bits per heavy atom. The van der Waals surface area contributed by atoms with Crippen LogP contribution in [-0.2, 0) is 4.74 Å². The van der Waals surface area contributed by atoms with Gasteiger partial charge in [-0.1, -0.05) is 0 Å². The maximum absolute atomic E-state index is 13.3. The van der Waals surface area contributed by atoms with E-state index in [1.54, 1.807) is 13.2 Å². The monoisotopic (exact) mass is 239 g/mol. The SMILES string of the molecule is COCCN(c1cc(F)cc(C=O)c1)C(C)C. The number of aldehydes is 1. The Bertz CT molecular complexity index is 380. The zero-order chi connectivity index (χ0) is 12.8. The van der Waals surface area contributed by atoms with E-state index < -0.39 is 5.82 Å². The predicted octanol–water partition coefficient (Wildman–Crippen LogP) is 2.50. The van der Waals surface area contributed by atoms with E-state index in [0.29, 0.717) is 30.7 Å². The molecule has 0 spiro atoms. The summed E-state index contributed by atoms with van der Waals surface area (Å²) in [7, 11) is 1.63. The number of nitrogens with zero attached hydrogens (tertiary/aromatic N) is 1. The summed E-state index contributed by atoms with van der Waals surface area (Å²) in [5.41, 5.74) is 1.06. The van der Waals surface area contributed by atoms with Gasteiger partial charge in [0.15, 0.2) is 0 Å². The molecule has 0 unspecified atom stereocenters. The average Bonchev–Trinajstić information content (AvgIpc) is 2.28. The van der Waals surface area contributed by atoms with Gasteiger partial charge in [-0.2, -0.15) is 0 Å². The Morgan fingerprint density at radius 3 is 2.65 bits per heavy atom. The third-order valence-electron chi connectivity index (χ3n) is 2.53. The first kappa shape index (κ1) is 13.6. The van der Waals surface area contributed by atoms with Crippen molar-refractivity contribution in [2.24, 2.45) is 0 Å². The van der Waals surface area contributed by atoms with Crippen molar-refractivity contribution in [3.8, 4) is 0 Å². The molecule has 0 radical (unpaired) electrons. The molecule has 0 saturated carbocycles. The number of carbonyl (C=O) groups is 1. The number of carbonyl (C=O) groups excluding carboxylic acids is 1. The van der Waals surface area contributed by atoms with Gasteiger partial charge >= 0.3 is 0 Å². The molecule has 0 aromatic heterocycles. The van der Waals surface area contributed by atoms with Crippen molar-refractivity contribution in [1.82, 2.24) is 0 Å². The van der Waals surface area contributed by atoms with Gasteiger partial charge in [0.1, 0.15) is 12.1 Å². The normalized spacial score (nSPS) is 10.6. The van der Waals surface area contributed by atoms with Crippen molar-refractivity contribution in [2.45, 2.75) is 19.9 Å². The van der Waals surface area contributed by atoms with E-state index in [2.05, 4.69) is 0 Å². The number of hydrogen-bond acceptors (Lipinski definition) is 3. The fourth-order valence-electron chi connectivity index (χ4n) is 1.71. The molecule has 1 rings (SSSR count). The molecule has 0 aliphatic heterocycles. The van der Waals surface area contributed by atoms with E-state index in [1.807, 2.05) is 18.7 Å². The van der Waals surface area contributed by atoms with Crippen LogP contribution in [0.1, 0.15) is 24.2 Å². The quantitative estimate of drug-likeness (QED) is 0.714. The molecule has 17 heavy (non-hydrogen) atoms. The lowest BCUT2D eigenvalue weighted by molar-refractivity contribution is 0.112. The van der Waals surface area contributed by atoms with Crippen LogP contribution in [0.25, 0.3) is 0 Å². The number of methoxy groups -OCH3 is 1. The number of benzene rings is 1. The summed E-state index contributed by atoms with van der Waals surface area (Å²) in [5, 5.41) is 0. The molecule has 0 fully saturated rings. The maximum Gasteiger partial charge on any atom is 0.150 e. The van der Waals surface area contributed by atoms with Crippen LogP contribution in [0, 0.1) is 5.82 Å². The van der Waals surface area contributed by atoms with E-state index in [4.69, 9.17) is 4.74 Å². The topological polar surface area (TPSA) is 29.5 Å².